The molecule has 0 aliphatic carbocycles. The molecule has 1 aliphatic heterocycles. The van der Waals surface area contributed by atoms with Crippen LogP contribution in [0.2, 0.25) is 5.02 Å². The van der Waals surface area contributed by atoms with Crippen molar-refractivity contribution < 1.29 is 18.7 Å². The standard InChI is InChI=1S/C26H27ClN2O5/c1-16(25(31)29-12-6-7-17(15-29)26(32)28(2)3)33-18-10-11-20-21(14-24(30)34-23(20)13-18)19-8-4-5-9-22(19)27/h4-5,8-11,13-14,16-17H,6-7,12,15H2,1-3H3/t16?,17-/m0/s1. The zero-order valence-electron chi connectivity index (χ0n) is 19.4. The fourth-order valence-corrected chi connectivity index (χ4v) is 4.61. The zero-order chi connectivity index (χ0) is 24.4. The van der Waals surface area contributed by atoms with Crippen molar-refractivity contribution in [1.82, 2.24) is 9.80 Å². The summed E-state index contributed by atoms with van der Waals surface area (Å²) in [6.07, 6.45) is 0.784. The summed E-state index contributed by atoms with van der Waals surface area (Å²) in [6, 6.07) is 13.8. The number of amides is 2. The molecule has 1 aliphatic rings. The van der Waals surface area contributed by atoms with E-state index >= 15 is 0 Å². The van der Waals surface area contributed by atoms with Crippen LogP contribution in [-0.4, -0.2) is 54.9 Å². The van der Waals surface area contributed by atoms with Crippen LogP contribution in [0.3, 0.4) is 0 Å². The SMILES string of the molecule is CC(Oc1ccc2c(-c3ccccc3Cl)cc(=O)oc2c1)C(=O)N1CCC[C@H](C(=O)N(C)C)C1. The third-order valence-corrected chi connectivity index (χ3v) is 6.39. The lowest BCUT2D eigenvalue weighted by Crippen LogP contribution is -2.48. The lowest BCUT2D eigenvalue weighted by atomic mass is 9.96. The van der Waals surface area contributed by atoms with Crippen molar-refractivity contribution in [3.63, 3.8) is 0 Å². The molecule has 1 fully saturated rings. The number of carbonyl (C=O) groups excluding carboxylic acids is 2. The number of ether oxygens (including phenoxy) is 1. The van der Waals surface area contributed by atoms with Gasteiger partial charge in [-0.2, -0.15) is 0 Å². The summed E-state index contributed by atoms with van der Waals surface area (Å²) in [6.45, 7) is 2.66. The molecule has 178 valence electrons. The van der Waals surface area contributed by atoms with Crippen molar-refractivity contribution in [1.29, 1.82) is 0 Å². The molecule has 34 heavy (non-hydrogen) atoms. The van der Waals surface area contributed by atoms with E-state index in [9.17, 15) is 14.4 Å². The highest BCUT2D eigenvalue weighted by atomic mass is 35.5. The van der Waals surface area contributed by atoms with Crippen LogP contribution in [0.1, 0.15) is 19.8 Å². The Kier molecular flexibility index (Phi) is 6.93. The van der Waals surface area contributed by atoms with Gasteiger partial charge in [0.05, 0.1) is 5.92 Å². The third-order valence-electron chi connectivity index (χ3n) is 6.06. The minimum absolute atomic E-state index is 0.0324. The summed E-state index contributed by atoms with van der Waals surface area (Å²) in [5, 5.41) is 1.24. The molecule has 2 heterocycles. The first-order valence-electron chi connectivity index (χ1n) is 11.2. The predicted molar refractivity (Wildman–Crippen MR) is 131 cm³/mol. The number of halogens is 1. The van der Waals surface area contributed by atoms with Crippen LogP contribution in [-0.2, 0) is 9.59 Å². The van der Waals surface area contributed by atoms with Crippen LogP contribution in [0.5, 0.6) is 5.75 Å². The summed E-state index contributed by atoms with van der Waals surface area (Å²) in [5.41, 5.74) is 1.23. The number of hydrogen-bond acceptors (Lipinski definition) is 5. The summed E-state index contributed by atoms with van der Waals surface area (Å²) >= 11 is 6.34. The van der Waals surface area contributed by atoms with Gasteiger partial charge in [-0.1, -0.05) is 29.8 Å². The number of carbonyl (C=O) groups is 2. The van der Waals surface area contributed by atoms with E-state index in [4.69, 9.17) is 20.8 Å². The lowest BCUT2D eigenvalue weighted by Gasteiger charge is -2.34. The van der Waals surface area contributed by atoms with Crippen molar-refractivity contribution in [2.75, 3.05) is 27.2 Å². The molecule has 7 nitrogen and oxygen atoms in total. The molecule has 1 unspecified atom stereocenters. The smallest absolute Gasteiger partial charge is 0.336 e. The largest absolute Gasteiger partial charge is 0.481 e. The van der Waals surface area contributed by atoms with E-state index in [-0.39, 0.29) is 17.7 Å². The van der Waals surface area contributed by atoms with Crippen LogP contribution in [0.25, 0.3) is 22.1 Å². The number of benzene rings is 2. The van der Waals surface area contributed by atoms with Gasteiger partial charge in [0.25, 0.3) is 5.91 Å². The van der Waals surface area contributed by atoms with Gasteiger partial charge in [0, 0.05) is 60.9 Å². The third kappa shape index (κ3) is 4.94. The number of fused-ring (bicyclic) bond motifs is 1. The molecule has 1 aromatic heterocycles. The maximum Gasteiger partial charge on any atom is 0.336 e. The van der Waals surface area contributed by atoms with Crippen molar-refractivity contribution >= 4 is 34.4 Å². The summed E-state index contributed by atoms with van der Waals surface area (Å²) in [5.74, 6) is 0.0661. The van der Waals surface area contributed by atoms with Gasteiger partial charge < -0.3 is 19.0 Å². The van der Waals surface area contributed by atoms with Gasteiger partial charge in [0.15, 0.2) is 6.10 Å². The van der Waals surface area contributed by atoms with Gasteiger partial charge in [0.1, 0.15) is 11.3 Å². The minimum atomic E-state index is -0.760. The lowest BCUT2D eigenvalue weighted by molar-refractivity contribution is -0.143. The van der Waals surface area contributed by atoms with E-state index in [0.717, 1.165) is 18.4 Å². The van der Waals surface area contributed by atoms with E-state index in [1.165, 1.54) is 6.07 Å². The second-order valence-corrected chi connectivity index (χ2v) is 9.14. The molecule has 0 spiro atoms. The quantitative estimate of drug-likeness (QED) is 0.509. The van der Waals surface area contributed by atoms with Crippen LogP contribution < -0.4 is 10.4 Å². The fourth-order valence-electron chi connectivity index (χ4n) is 4.37. The Morgan fingerprint density at radius 2 is 1.91 bits per heavy atom. The molecule has 2 amide bonds. The van der Waals surface area contributed by atoms with E-state index < -0.39 is 11.7 Å². The Bertz CT molecular complexity index is 1290. The highest BCUT2D eigenvalue weighted by Gasteiger charge is 2.31. The molecule has 0 N–H and O–H groups in total. The Morgan fingerprint density at radius 3 is 2.65 bits per heavy atom. The first-order chi connectivity index (χ1) is 16.2. The molecule has 3 aromatic rings. The number of piperidine rings is 1. The Hall–Kier alpha value is -3.32. The Morgan fingerprint density at radius 1 is 1.15 bits per heavy atom. The summed E-state index contributed by atoms with van der Waals surface area (Å²) in [7, 11) is 3.45. The van der Waals surface area contributed by atoms with Gasteiger partial charge in [-0.25, -0.2) is 4.79 Å². The van der Waals surface area contributed by atoms with Crippen molar-refractivity contribution in [3.8, 4) is 16.9 Å². The highest BCUT2D eigenvalue weighted by Crippen LogP contribution is 2.34. The van der Waals surface area contributed by atoms with Crippen LogP contribution in [0.4, 0.5) is 0 Å². The Balaban J connectivity index is 1.54. The highest BCUT2D eigenvalue weighted by molar-refractivity contribution is 6.33. The molecule has 2 aromatic carbocycles. The van der Waals surface area contributed by atoms with Gasteiger partial charge in [-0.3, -0.25) is 9.59 Å². The van der Waals surface area contributed by atoms with Gasteiger partial charge >= 0.3 is 5.63 Å². The van der Waals surface area contributed by atoms with Crippen molar-refractivity contribution in [3.05, 3.63) is 64.0 Å². The topological polar surface area (TPSA) is 80.1 Å². The zero-order valence-corrected chi connectivity index (χ0v) is 20.2. The first-order valence-corrected chi connectivity index (χ1v) is 11.6. The first kappa shape index (κ1) is 23.8. The van der Waals surface area contributed by atoms with Crippen molar-refractivity contribution in [2.24, 2.45) is 5.92 Å². The average Bonchev–Trinajstić information content (AvgIpc) is 2.82. The molecular weight excluding hydrogens is 456 g/mol. The second kappa shape index (κ2) is 9.89. The molecule has 0 bridgehead atoms. The molecule has 0 radical (unpaired) electrons. The predicted octanol–water partition coefficient (Wildman–Crippen LogP) is 4.21. The molecule has 8 heteroatoms. The number of nitrogens with zero attached hydrogens (tertiary/aromatic N) is 2. The van der Waals surface area contributed by atoms with Gasteiger partial charge in [0.2, 0.25) is 5.91 Å². The van der Waals surface area contributed by atoms with E-state index in [1.807, 2.05) is 18.2 Å². The average molecular weight is 483 g/mol. The van der Waals surface area contributed by atoms with Gasteiger partial charge in [-0.05, 0) is 38.0 Å². The van der Waals surface area contributed by atoms with Gasteiger partial charge in [-0.15, -0.1) is 0 Å². The van der Waals surface area contributed by atoms with E-state index in [0.29, 0.717) is 40.4 Å². The Labute approximate surface area is 202 Å². The number of likely N-dealkylation sites (tertiary alicyclic amines) is 1. The van der Waals surface area contributed by atoms with E-state index in [1.54, 1.807) is 55.1 Å². The molecular formula is C26H27ClN2O5. The fraction of sp³-hybridized carbons (Fsp3) is 0.346. The molecule has 2 atom stereocenters. The minimum Gasteiger partial charge on any atom is -0.481 e. The van der Waals surface area contributed by atoms with Crippen LogP contribution in [0, 0.1) is 5.92 Å². The summed E-state index contributed by atoms with van der Waals surface area (Å²) < 4.78 is 11.3. The maximum atomic E-state index is 13.0. The monoisotopic (exact) mass is 482 g/mol. The maximum absolute atomic E-state index is 13.0. The van der Waals surface area contributed by atoms with E-state index in [2.05, 4.69) is 0 Å². The second-order valence-electron chi connectivity index (χ2n) is 8.73. The number of rotatable bonds is 5. The summed E-state index contributed by atoms with van der Waals surface area (Å²) in [4.78, 5) is 40.9. The van der Waals surface area contributed by atoms with Crippen LogP contribution >= 0.6 is 11.6 Å². The molecule has 0 saturated carbocycles. The molecule has 1 saturated heterocycles. The molecule has 4 rings (SSSR count). The normalized spacial score (nSPS) is 16.8. The van der Waals surface area contributed by atoms with Crippen LogP contribution in [0.15, 0.2) is 57.7 Å². The van der Waals surface area contributed by atoms with Crippen molar-refractivity contribution in [2.45, 2.75) is 25.9 Å². The number of hydrogen-bond donors (Lipinski definition) is 0.